The summed E-state index contributed by atoms with van der Waals surface area (Å²) in [5, 5.41) is 0. The van der Waals surface area contributed by atoms with Gasteiger partial charge in [0, 0.05) is 17.0 Å². The van der Waals surface area contributed by atoms with Gasteiger partial charge < -0.3 is 4.74 Å². The number of hydrogen-bond acceptors (Lipinski definition) is 4. The molecule has 2 rings (SSSR count). The summed E-state index contributed by atoms with van der Waals surface area (Å²) in [5.74, 6) is 0.450. The number of hydrogen-bond donors (Lipinski definition) is 1. The number of ketones is 1. The molecule has 158 valence electrons. The lowest BCUT2D eigenvalue weighted by Gasteiger charge is -2.22. The van der Waals surface area contributed by atoms with E-state index in [0.29, 0.717) is 12.5 Å². The molecule has 0 fully saturated rings. The second-order valence-corrected chi connectivity index (χ2v) is 10.4. The molecule has 0 bridgehead atoms. The van der Waals surface area contributed by atoms with Gasteiger partial charge in [-0.25, -0.2) is 13.1 Å². The van der Waals surface area contributed by atoms with Crippen LogP contribution in [0.25, 0.3) is 0 Å². The number of nitrogens with one attached hydrogen (secondary N) is 1. The maximum atomic E-state index is 13.2. The number of sulfonamides is 1. The van der Waals surface area contributed by atoms with Crippen molar-refractivity contribution in [1.82, 2.24) is 4.72 Å². The Bertz CT molecular complexity index is 942. The smallest absolute Gasteiger partial charge is 0.241 e. The molecule has 1 N–H and O–H groups in total. The summed E-state index contributed by atoms with van der Waals surface area (Å²) in [5.41, 5.74) is 0.353. The van der Waals surface area contributed by atoms with Gasteiger partial charge >= 0.3 is 0 Å². The van der Waals surface area contributed by atoms with Crippen molar-refractivity contribution in [3.8, 4) is 5.75 Å². The van der Waals surface area contributed by atoms with Crippen LogP contribution in [-0.4, -0.2) is 26.3 Å². The Labute approximate surface area is 174 Å². The van der Waals surface area contributed by atoms with Crippen LogP contribution in [0.5, 0.6) is 5.75 Å². The zero-order chi connectivity index (χ0) is 21.8. The Morgan fingerprint density at radius 3 is 2.14 bits per heavy atom. The molecule has 6 heteroatoms. The zero-order valence-electron chi connectivity index (χ0n) is 18.0. The van der Waals surface area contributed by atoms with E-state index >= 15 is 0 Å². The molecule has 0 aromatic heterocycles. The molecule has 29 heavy (non-hydrogen) atoms. The fraction of sp³-hybridized carbons (Fsp3) is 0.435. The molecule has 2 aromatic rings. The van der Waals surface area contributed by atoms with E-state index < -0.39 is 21.5 Å². The highest BCUT2D eigenvalue weighted by molar-refractivity contribution is 7.89. The van der Waals surface area contributed by atoms with E-state index in [0.717, 1.165) is 11.3 Å². The van der Waals surface area contributed by atoms with Crippen LogP contribution in [0, 0.1) is 5.92 Å². The number of rotatable bonds is 8. The third-order valence-corrected chi connectivity index (χ3v) is 6.06. The number of carbonyl (C=O) groups is 1. The van der Waals surface area contributed by atoms with E-state index in [-0.39, 0.29) is 16.2 Å². The topological polar surface area (TPSA) is 72.5 Å². The van der Waals surface area contributed by atoms with Crippen molar-refractivity contribution in [2.24, 2.45) is 5.92 Å². The van der Waals surface area contributed by atoms with E-state index in [2.05, 4.69) is 18.6 Å². The molecule has 1 atom stereocenters. The predicted octanol–water partition coefficient (Wildman–Crippen LogP) is 4.78. The van der Waals surface area contributed by atoms with Crippen LogP contribution in [0.1, 0.15) is 63.4 Å². The Morgan fingerprint density at radius 2 is 1.59 bits per heavy atom. The molecule has 0 heterocycles. The van der Waals surface area contributed by atoms with Gasteiger partial charge in [0.1, 0.15) is 5.75 Å². The fourth-order valence-electron chi connectivity index (χ4n) is 2.86. The first-order valence-corrected chi connectivity index (χ1v) is 11.3. The van der Waals surface area contributed by atoms with Gasteiger partial charge in [0.2, 0.25) is 10.0 Å². The molecule has 0 saturated carbocycles. The molecule has 0 aliphatic rings. The van der Waals surface area contributed by atoms with Crippen LogP contribution in [0.4, 0.5) is 0 Å². The third-order valence-electron chi connectivity index (χ3n) is 4.24. The van der Waals surface area contributed by atoms with Gasteiger partial charge in [-0.15, -0.1) is 0 Å². The molecule has 1 unspecified atom stereocenters. The molecule has 0 aliphatic heterocycles. The monoisotopic (exact) mass is 417 g/mol. The highest BCUT2D eigenvalue weighted by atomic mass is 32.2. The van der Waals surface area contributed by atoms with Gasteiger partial charge in [-0.2, -0.15) is 0 Å². The van der Waals surface area contributed by atoms with Crippen LogP contribution in [0.15, 0.2) is 53.4 Å². The number of Topliss-reactive ketones (excluding diaryl/α,β-unsaturated/α-hetero) is 1. The Kier molecular flexibility index (Phi) is 7.25. The van der Waals surface area contributed by atoms with Gasteiger partial charge in [0.05, 0.1) is 11.5 Å². The molecule has 0 radical (unpaired) electrons. The Morgan fingerprint density at radius 1 is 1.00 bits per heavy atom. The van der Waals surface area contributed by atoms with Crippen molar-refractivity contribution < 1.29 is 17.9 Å². The maximum Gasteiger partial charge on any atom is 0.241 e. The summed E-state index contributed by atoms with van der Waals surface area (Å²) in [4.78, 5) is 13.2. The highest BCUT2D eigenvalue weighted by Gasteiger charge is 2.28. The molecular weight excluding hydrogens is 386 g/mol. The molecule has 0 saturated heterocycles. The van der Waals surface area contributed by atoms with Crippen molar-refractivity contribution in [3.63, 3.8) is 0 Å². The summed E-state index contributed by atoms with van der Waals surface area (Å²) in [6.07, 6.45) is 0. The molecule has 2 aromatic carbocycles. The predicted molar refractivity (Wildman–Crippen MR) is 116 cm³/mol. The summed E-state index contributed by atoms with van der Waals surface area (Å²) >= 11 is 0. The van der Waals surface area contributed by atoms with Gasteiger partial charge in [-0.3, -0.25) is 4.79 Å². The van der Waals surface area contributed by atoms with Crippen LogP contribution in [-0.2, 0) is 10.0 Å². The number of benzene rings is 2. The highest BCUT2D eigenvalue weighted by Crippen LogP contribution is 2.27. The van der Waals surface area contributed by atoms with E-state index in [1.807, 2.05) is 24.3 Å². The lowest BCUT2D eigenvalue weighted by molar-refractivity contribution is 0.0962. The third kappa shape index (κ3) is 6.41. The fourth-order valence-corrected chi connectivity index (χ4v) is 4.49. The SMILES string of the molecule is CC(C)COc1ccc(C(C)C(=O)c2ccccc2S(=O)(=O)NC(C)(C)C)cc1. The van der Waals surface area contributed by atoms with E-state index in [1.165, 1.54) is 6.07 Å². The normalized spacial score (nSPS) is 13.3. The van der Waals surface area contributed by atoms with Crippen molar-refractivity contribution in [2.45, 2.75) is 57.9 Å². The van der Waals surface area contributed by atoms with E-state index in [4.69, 9.17) is 4.74 Å². The van der Waals surface area contributed by atoms with Gasteiger partial charge in [-0.05, 0) is 50.5 Å². The van der Waals surface area contributed by atoms with Crippen molar-refractivity contribution >= 4 is 15.8 Å². The van der Waals surface area contributed by atoms with E-state index in [9.17, 15) is 13.2 Å². The van der Waals surface area contributed by atoms with Crippen LogP contribution < -0.4 is 9.46 Å². The Balaban J connectivity index is 2.29. The van der Waals surface area contributed by atoms with Gasteiger partial charge in [0.25, 0.3) is 0 Å². The molecule has 0 spiro atoms. The average Bonchev–Trinajstić information content (AvgIpc) is 2.63. The summed E-state index contributed by atoms with van der Waals surface area (Å²) < 4.78 is 34.0. The Hall–Kier alpha value is -2.18. The first-order valence-electron chi connectivity index (χ1n) is 9.80. The zero-order valence-corrected chi connectivity index (χ0v) is 18.8. The lowest BCUT2D eigenvalue weighted by Crippen LogP contribution is -2.41. The number of carbonyl (C=O) groups excluding carboxylic acids is 1. The van der Waals surface area contributed by atoms with Crippen LogP contribution in [0.3, 0.4) is 0 Å². The van der Waals surface area contributed by atoms with E-state index in [1.54, 1.807) is 45.9 Å². The van der Waals surface area contributed by atoms with Crippen LogP contribution >= 0.6 is 0 Å². The first kappa shape index (κ1) is 23.1. The second kappa shape index (κ2) is 9.09. The minimum atomic E-state index is -3.82. The first-order chi connectivity index (χ1) is 13.4. The van der Waals surface area contributed by atoms with Crippen LogP contribution in [0.2, 0.25) is 0 Å². The standard InChI is InChI=1S/C23H31NO4S/c1-16(2)15-28-19-13-11-18(12-14-19)17(3)22(25)20-9-7-8-10-21(20)29(26,27)24-23(4,5)6/h7-14,16-17,24H,15H2,1-6H3. The van der Waals surface area contributed by atoms with Crippen molar-refractivity contribution in [2.75, 3.05) is 6.61 Å². The minimum absolute atomic E-state index is 0.00339. The molecule has 0 amide bonds. The quantitative estimate of drug-likeness (QED) is 0.627. The second-order valence-electron chi connectivity index (χ2n) is 8.71. The molecule has 5 nitrogen and oxygen atoms in total. The number of ether oxygens (including phenoxy) is 1. The van der Waals surface area contributed by atoms with Crippen molar-refractivity contribution in [1.29, 1.82) is 0 Å². The summed E-state index contributed by atoms with van der Waals surface area (Å²) in [7, 11) is -3.82. The molecule has 0 aliphatic carbocycles. The maximum absolute atomic E-state index is 13.2. The average molecular weight is 418 g/mol. The van der Waals surface area contributed by atoms with Gasteiger partial charge in [0.15, 0.2) is 5.78 Å². The lowest BCUT2D eigenvalue weighted by atomic mass is 9.92. The van der Waals surface area contributed by atoms with Crippen molar-refractivity contribution in [3.05, 3.63) is 59.7 Å². The molecular formula is C23H31NO4S. The summed E-state index contributed by atoms with van der Waals surface area (Å²) in [6.45, 7) is 11.9. The minimum Gasteiger partial charge on any atom is -0.493 e. The summed E-state index contributed by atoms with van der Waals surface area (Å²) in [6, 6.07) is 13.7. The largest absolute Gasteiger partial charge is 0.493 e. The van der Waals surface area contributed by atoms with Gasteiger partial charge in [-0.1, -0.05) is 51.1 Å².